The molecule has 0 atom stereocenters. The van der Waals surface area contributed by atoms with Crippen molar-refractivity contribution in [2.24, 2.45) is 4.99 Å². The van der Waals surface area contributed by atoms with Gasteiger partial charge in [-0.1, -0.05) is 81.4 Å². The average Bonchev–Trinajstić information content (AvgIpc) is 2.77. The lowest BCUT2D eigenvalue weighted by Gasteiger charge is -2.11. The van der Waals surface area contributed by atoms with Crippen LogP contribution in [0.5, 0.6) is 0 Å². The number of nitrogens with two attached hydrogens (primary N) is 1. The Morgan fingerprint density at radius 2 is 1.17 bits per heavy atom. The third-order valence-electron chi connectivity index (χ3n) is 5.68. The minimum atomic E-state index is 0.941. The fourth-order valence-electron chi connectivity index (χ4n) is 3.86. The molecule has 2 N–H and O–H groups in total. The number of hydrogen-bond acceptors (Lipinski definition) is 2. The van der Waals surface area contributed by atoms with Crippen molar-refractivity contribution in [1.29, 1.82) is 0 Å². The van der Waals surface area contributed by atoms with Crippen molar-refractivity contribution in [3.63, 3.8) is 0 Å². The Bertz CT molecular complexity index is 963. The fraction of sp³-hybridized carbons (Fsp3) is 0.296. The maximum absolute atomic E-state index is 6.37. The van der Waals surface area contributed by atoms with Crippen molar-refractivity contribution in [1.82, 2.24) is 0 Å². The van der Waals surface area contributed by atoms with Gasteiger partial charge >= 0.3 is 0 Å². The molecule has 0 spiro atoms. The van der Waals surface area contributed by atoms with E-state index in [1.165, 1.54) is 33.4 Å². The molecule has 0 amide bonds. The van der Waals surface area contributed by atoms with E-state index in [1.54, 1.807) is 0 Å². The van der Waals surface area contributed by atoms with Crippen LogP contribution in [0, 0.1) is 0 Å². The third-order valence-corrected chi connectivity index (χ3v) is 5.68. The smallest absolute Gasteiger partial charge is 0.0693 e. The summed E-state index contributed by atoms with van der Waals surface area (Å²) in [4.78, 5) is 4.93. The van der Waals surface area contributed by atoms with Crippen LogP contribution in [0.1, 0.15) is 54.2 Å². The van der Waals surface area contributed by atoms with E-state index in [9.17, 15) is 0 Å². The summed E-state index contributed by atoms with van der Waals surface area (Å²) in [6.07, 6.45) is 6.89. The largest absolute Gasteiger partial charge is 0.398 e. The minimum absolute atomic E-state index is 0.941. The van der Waals surface area contributed by atoms with Crippen LogP contribution in [0.3, 0.4) is 0 Å². The number of anilines is 1. The molecule has 0 aliphatic carbocycles. The second-order valence-electron chi connectivity index (χ2n) is 7.43. The van der Waals surface area contributed by atoms with Crippen LogP contribution in [-0.4, -0.2) is 6.21 Å². The van der Waals surface area contributed by atoms with E-state index in [-0.39, 0.29) is 0 Å². The van der Waals surface area contributed by atoms with Crippen molar-refractivity contribution < 1.29 is 0 Å². The van der Waals surface area contributed by atoms with E-state index in [0.29, 0.717) is 0 Å². The molecule has 0 aliphatic heterocycles. The lowest BCUT2D eigenvalue weighted by molar-refractivity contribution is 0.955. The van der Waals surface area contributed by atoms with Crippen molar-refractivity contribution in [3.05, 3.63) is 94.0 Å². The second kappa shape index (κ2) is 10.1. The van der Waals surface area contributed by atoms with E-state index in [4.69, 9.17) is 10.7 Å². The molecule has 0 radical (unpaired) electrons. The maximum Gasteiger partial charge on any atom is 0.0693 e. The van der Waals surface area contributed by atoms with Gasteiger partial charge < -0.3 is 5.73 Å². The van der Waals surface area contributed by atoms with Crippen molar-refractivity contribution >= 4 is 17.6 Å². The zero-order valence-corrected chi connectivity index (χ0v) is 17.9. The third kappa shape index (κ3) is 4.95. The molecule has 2 nitrogen and oxygen atoms in total. The Labute approximate surface area is 175 Å². The molecule has 0 aliphatic rings. The first kappa shape index (κ1) is 20.9. The normalized spacial score (nSPS) is 11.3. The first-order valence-corrected chi connectivity index (χ1v) is 10.8. The van der Waals surface area contributed by atoms with Gasteiger partial charge in [-0.3, -0.25) is 4.99 Å². The second-order valence-corrected chi connectivity index (χ2v) is 7.43. The highest BCUT2D eigenvalue weighted by Gasteiger charge is 2.07. The molecule has 0 heterocycles. The van der Waals surface area contributed by atoms with Crippen LogP contribution in [0.4, 0.5) is 11.4 Å². The van der Waals surface area contributed by atoms with Crippen LogP contribution in [0.2, 0.25) is 0 Å². The lowest BCUT2D eigenvalue weighted by atomic mass is 9.97. The maximum atomic E-state index is 6.37. The molecule has 2 heteroatoms. The van der Waals surface area contributed by atoms with Gasteiger partial charge in [0, 0.05) is 11.9 Å². The van der Waals surface area contributed by atoms with Crippen molar-refractivity contribution in [2.45, 2.75) is 52.9 Å². The molecule has 0 saturated carbocycles. The number of benzene rings is 3. The molecule has 0 unspecified atom stereocenters. The van der Waals surface area contributed by atoms with Crippen LogP contribution in [-0.2, 0) is 32.1 Å². The molecule has 3 aromatic rings. The van der Waals surface area contributed by atoms with Crippen molar-refractivity contribution in [3.8, 4) is 0 Å². The summed E-state index contributed by atoms with van der Waals surface area (Å²) < 4.78 is 0. The molecular formula is C27H32N2. The molecular weight excluding hydrogens is 352 g/mol. The van der Waals surface area contributed by atoms with Gasteiger partial charge in [-0.15, -0.1) is 0 Å². The van der Waals surface area contributed by atoms with Gasteiger partial charge in [0.1, 0.15) is 0 Å². The monoisotopic (exact) mass is 384 g/mol. The predicted octanol–water partition coefficient (Wildman–Crippen LogP) is 6.49. The average molecular weight is 385 g/mol. The van der Waals surface area contributed by atoms with Gasteiger partial charge in [0.15, 0.2) is 0 Å². The first-order valence-electron chi connectivity index (χ1n) is 10.8. The van der Waals surface area contributed by atoms with Crippen LogP contribution >= 0.6 is 0 Å². The Balaban J connectivity index is 1.85. The van der Waals surface area contributed by atoms with E-state index < -0.39 is 0 Å². The number of aliphatic imine (C=N–C) groups is 1. The Morgan fingerprint density at radius 1 is 0.655 bits per heavy atom. The number of rotatable bonds is 8. The van der Waals surface area contributed by atoms with Crippen LogP contribution < -0.4 is 5.73 Å². The van der Waals surface area contributed by atoms with Gasteiger partial charge in [0.25, 0.3) is 0 Å². The van der Waals surface area contributed by atoms with Gasteiger partial charge in [-0.2, -0.15) is 0 Å². The highest BCUT2D eigenvalue weighted by Crippen LogP contribution is 2.26. The molecule has 150 valence electrons. The summed E-state index contributed by atoms with van der Waals surface area (Å²) in [5.74, 6) is 0. The summed E-state index contributed by atoms with van der Waals surface area (Å²) in [5.41, 5.74) is 16.0. The molecule has 0 aromatic heterocycles. The van der Waals surface area contributed by atoms with E-state index in [0.717, 1.165) is 43.5 Å². The van der Waals surface area contributed by atoms with Gasteiger partial charge in [-0.05, 0) is 65.5 Å². The number of hydrogen-bond donors (Lipinski definition) is 1. The first-order chi connectivity index (χ1) is 14.2. The molecule has 0 fully saturated rings. The minimum Gasteiger partial charge on any atom is -0.398 e. The van der Waals surface area contributed by atoms with Crippen LogP contribution in [0.15, 0.2) is 65.7 Å². The van der Waals surface area contributed by atoms with Gasteiger partial charge in [-0.25, -0.2) is 0 Å². The van der Waals surface area contributed by atoms with Crippen molar-refractivity contribution in [2.75, 3.05) is 5.73 Å². The highest BCUT2D eigenvalue weighted by atomic mass is 14.7. The Hall–Kier alpha value is -2.87. The summed E-state index contributed by atoms with van der Waals surface area (Å²) in [6, 6.07) is 21.4. The van der Waals surface area contributed by atoms with E-state index >= 15 is 0 Å². The molecule has 3 aromatic carbocycles. The van der Waals surface area contributed by atoms with Gasteiger partial charge in [0.05, 0.1) is 5.69 Å². The number of para-hydroxylation sites is 2. The van der Waals surface area contributed by atoms with Gasteiger partial charge in [0.2, 0.25) is 0 Å². The molecule has 3 rings (SSSR count). The summed E-state index contributed by atoms with van der Waals surface area (Å²) in [5, 5.41) is 0. The fourth-order valence-corrected chi connectivity index (χ4v) is 3.86. The van der Waals surface area contributed by atoms with Crippen LogP contribution in [0.25, 0.3) is 0 Å². The summed E-state index contributed by atoms with van der Waals surface area (Å²) in [7, 11) is 0. The quantitative estimate of drug-likeness (QED) is 0.350. The molecule has 29 heavy (non-hydrogen) atoms. The highest BCUT2D eigenvalue weighted by molar-refractivity contribution is 5.84. The zero-order chi connectivity index (χ0) is 20.6. The predicted molar refractivity (Wildman–Crippen MR) is 127 cm³/mol. The SMILES string of the molecule is CCc1cccc(CCc2ccccc2C=Nc2c(CC)cccc2CC)c1N. The number of nitrogens with zero attached hydrogens (tertiary/aromatic N) is 1. The Morgan fingerprint density at radius 3 is 1.83 bits per heavy atom. The molecule has 0 bridgehead atoms. The summed E-state index contributed by atoms with van der Waals surface area (Å²) >= 11 is 0. The Kier molecular flexibility index (Phi) is 7.24. The van der Waals surface area contributed by atoms with E-state index in [2.05, 4.69) is 81.4 Å². The lowest BCUT2D eigenvalue weighted by Crippen LogP contribution is -2.02. The van der Waals surface area contributed by atoms with E-state index in [1.807, 2.05) is 6.21 Å². The zero-order valence-electron chi connectivity index (χ0n) is 17.9. The molecule has 0 saturated heterocycles. The topological polar surface area (TPSA) is 38.4 Å². The summed E-state index contributed by atoms with van der Waals surface area (Å²) in [6.45, 7) is 6.53. The number of nitrogen functional groups attached to an aromatic ring is 1. The number of aryl methyl sites for hydroxylation is 5. The standard InChI is InChI=1S/C27H32N2/c1-4-20-13-9-16-24(26(20)28)18-17-23-11-7-8-12-25(23)19-29-27-21(5-2)14-10-15-22(27)6-3/h7-16,19H,4-6,17-18,28H2,1-3H3.